The van der Waals surface area contributed by atoms with Gasteiger partial charge >= 0.3 is 5.97 Å². The van der Waals surface area contributed by atoms with Crippen LogP contribution >= 0.6 is 0 Å². The van der Waals surface area contributed by atoms with Crippen LogP contribution in [0.4, 0.5) is 14.5 Å². The van der Waals surface area contributed by atoms with E-state index >= 15 is 0 Å². The monoisotopic (exact) mass is 256 g/mol. The van der Waals surface area contributed by atoms with E-state index in [9.17, 15) is 13.6 Å². The number of anilines is 1. The second-order valence-electron chi connectivity index (χ2n) is 4.41. The molecule has 1 heterocycles. The second-order valence-corrected chi connectivity index (χ2v) is 4.41. The van der Waals surface area contributed by atoms with E-state index in [0.717, 1.165) is 18.9 Å². The Balaban J connectivity index is 2.34. The maximum absolute atomic E-state index is 13.8. The largest absolute Gasteiger partial charge is 0.478 e. The smallest absolute Gasteiger partial charge is 0.338 e. The lowest BCUT2D eigenvalue weighted by Crippen LogP contribution is -2.43. The SMILES string of the molecule is N[C@@H]1CCCN(c2ccc(C(=O)O)c(F)c2F)C1. The van der Waals surface area contributed by atoms with Crippen LogP contribution in [0.15, 0.2) is 12.1 Å². The second kappa shape index (κ2) is 4.89. The number of rotatable bonds is 2. The number of piperidine rings is 1. The van der Waals surface area contributed by atoms with E-state index in [1.54, 1.807) is 4.90 Å². The molecule has 0 spiro atoms. The third-order valence-corrected chi connectivity index (χ3v) is 3.09. The van der Waals surface area contributed by atoms with Crippen molar-refractivity contribution in [2.45, 2.75) is 18.9 Å². The fraction of sp³-hybridized carbons (Fsp3) is 0.417. The van der Waals surface area contributed by atoms with Crippen molar-refractivity contribution in [2.75, 3.05) is 18.0 Å². The number of aromatic carboxylic acids is 1. The normalized spacial score (nSPS) is 19.9. The molecule has 1 saturated heterocycles. The van der Waals surface area contributed by atoms with Gasteiger partial charge in [-0.2, -0.15) is 0 Å². The first kappa shape index (κ1) is 12.8. The standard InChI is InChI=1S/C12H14F2N2O2/c13-10-8(12(17)18)3-4-9(11(10)14)16-5-1-2-7(15)6-16/h3-4,7H,1-2,5-6,15H2,(H,17,18)/t7-/m1/s1. The van der Waals surface area contributed by atoms with Gasteiger partial charge in [-0.1, -0.05) is 0 Å². The maximum Gasteiger partial charge on any atom is 0.338 e. The molecule has 2 rings (SSSR count). The average molecular weight is 256 g/mol. The zero-order chi connectivity index (χ0) is 13.3. The van der Waals surface area contributed by atoms with Crippen LogP contribution in [0, 0.1) is 11.6 Å². The highest BCUT2D eigenvalue weighted by atomic mass is 19.2. The van der Waals surface area contributed by atoms with Crippen molar-refractivity contribution < 1.29 is 18.7 Å². The minimum Gasteiger partial charge on any atom is -0.478 e. The Bertz CT molecular complexity index is 479. The summed E-state index contributed by atoms with van der Waals surface area (Å²) in [7, 11) is 0. The van der Waals surface area contributed by atoms with Crippen molar-refractivity contribution >= 4 is 11.7 Å². The lowest BCUT2D eigenvalue weighted by Gasteiger charge is -2.32. The molecule has 0 amide bonds. The highest BCUT2D eigenvalue weighted by molar-refractivity contribution is 5.88. The Morgan fingerprint density at radius 2 is 2.11 bits per heavy atom. The minimum atomic E-state index is -1.48. The summed E-state index contributed by atoms with van der Waals surface area (Å²) in [5, 5.41) is 8.69. The lowest BCUT2D eigenvalue weighted by molar-refractivity contribution is 0.0690. The summed E-state index contributed by atoms with van der Waals surface area (Å²) in [6, 6.07) is 2.30. The van der Waals surface area contributed by atoms with E-state index in [1.807, 2.05) is 0 Å². The first-order valence-electron chi connectivity index (χ1n) is 5.72. The third kappa shape index (κ3) is 2.28. The molecule has 0 bridgehead atoms. The molecule has 1 fully saturated rings. The van der Waals surface area contributed by atoms with Crippen molar-refractivity contribution in [3.05, 3.63) is 29.3 Å². The van der Waals surface area contributed by atoms with Gasteiger partial charge in [-0.15, -0.1) is 0 Å². The van der Waals surface area contributed by atoms with Gasteiger partial charge in [0.1, 0.15) is 0 Å². The maximum atomic E-state index is 13.8. The Morgan fingerprint density at radius 1 is 1.39 bits per heavy atom. The summed E-state index contributed by atoms with van der Waals surface area (Å²) in [6.45, 7) is 1.04. The van der Waals surface area contributed by atoms with Crippen molar-refractivity contribution in [1.29, 1.82) is 0 Å². The van der Waals surface area contributed by atoms with Crippen LogP contribution in [0.3, 0.4) is 0 Å². The summed E-state index contributed by atoms with van der Waals surface area (Å²) in [4.78, 5) is 12.3. The molecule has 0 aliphatic carbocycles. The first-order valence-corrected chi connectivity index (χ1v) is 5.72. The van der Waals surface area contributed by atoms with Gasteiger partial charge in [-0.25, -0.2) is 13.6 Å². The van der Waals surface area contributed by atoms with E-state index in [1.165, 1.54) is 6.07 Å². The van der Waals surface area contributed by atoms with Gasteiger partial charge in [0.25, 0.3) is 0 Å². The van der Waals surface area contributed by atoms with Crippen molar-refractivity contribution in [2.24, 2.45) is 5.73 Å². The minimum absolute atomic E-state index is 0.0691. The molecule has 1 aromatic carbocycles. The molecule has 18 heavy (non-hydrogen) atoms. The number of carboxylic acids is 1. The van der Waals surface area contributed by atoms with E-state index in [2.05, 4.69) is 0 Å². The number of carbonyl (C=O) groups is 1. The predicted molar refractivity (Wildman–Crippen MR) is 62.7 cm³/mol. The third-order valence-electron chi connectivity index (χ3n) is 3.09. The van der Waals surface area contributed by atoms with Crippen LogP contribution in [0.5, 0.6) is 0 Å². The first-order chi connectivity index (χ1) is 8.50. The summed E-state index contributed by atoms with van der Waals surface area (Å²) < 4.78 is 27.4. The zero-order valence-corrected chi connectivity index (χ0v) is 9.70. The van der Waals surface area contributed by atoms with Gasteiger partial charge in [0.05, 0.1) is 11.3 Å². The molecule has 0 aromatic heterocycles. The van der Waals surface area contributed by atoms with Crippen LogP contribution in [-0.2, 0) is 0 Å². The van der Waals surface area contributed by atoms with Crippen LogP contribution < -0.4 is 10.6 Å². The van der Waals surface area contributed by atoms with E-state index in [0.29, 0.717) is 13.1 Å². The number of benzene rings is 1. The Hall–Kier alpha value is -1.69. The number of nitrogens with two attached hydrogens (primary N) is 1. The van der Waals surface area contributed by atoms with Gasteiger partial charge in [0.15, 0.2) is 11.6 Å². The summed E-state index contributed by atoms with van der Waals surface area (Å²) in [5.41, 5.74) is 5.20. The zero-order valence-electron chi connectivity index (χ0n) is 9.70. The molecule has 98 valence electrons. The Kier molecular flexibility index (Phi) is 3.47. The molecular formula is C12H14F2N2O2. The van der Waals surface area contributed by atoms with Crippen LogP contribution in [-0.4, -0.2) is 30.2 Å². The van der Waals surface area contributed by atoms with Crippen LogP contribution in [0.1, 0.15) is 23.2 Å². The summed E-state index contributed by atoms with van der Waals surface area (Å²) in [6.07, 6.45) is 1.66. The molecule has 4 nitrogen and oxygen atoms in total. The highest BCUT2D eigenvalue weighted by Gasteiger charge is 2.24. The predicted octanol–water partition coefficient (Wildman–Crippen LogP) is 1.59. The van der Waals surface area contributed by atoms with Gasteiger partial charge in [0.2, 0.25) is 0 Å². The van der Waals surface area contributed by atoms with Gasteiger partial charge in [-0.3, -0.25) is 0 Å². The molecule has 1 aliphatic heterocycles. The summed E-state index contributed by atoms with van der Waals surface area (Å²) >= 11 is 0. The van der Waals surface area contributed by atoms with Crippen molar-refractivity contribution in [3.8, 4) is 0 Å². The Labute approximate surface area is 103 Å². The van der Waals surface area contributed by atoms with Crippen molar-refractivity contribution in [3.63, 3.8) is 0 Å². The average Bonchev–Trinajstić information content (AvgIpc) is 2.32. The molecule has 1 aliphatic rings. The highest BCUT2D eigenvalue weighted by Crippen LogP contribution is 2.26. The fourth-order valence-corrected chi connectivity index (χ4v) is 2.18. The summed E-state index contributed by atoms with van der Waals surface area (Å²) in [5.74, 6) is -3.92. The molecular weight excluding hydrogens is 242 g/mol. The number of carboxylic acid groups (broad SMARTS) is 1. The van der Waals surface area contributed by atoms with E-state index < -0.39 is 23.2 Å². The number of nitrogens with zero attached hydrogens (tertiary/aromatic N) is 1. The molecule has 1 atom stereocenters. The topological polar surface area (TPSA) is 66.6 Å². The quantitative estimate of drug-likeness (QED) is 0.843. The van der Waals surface area contributed by atoms with Crippen LogP contribution in [0.25, 0.3) is 0 Å². The molecule has 6 heteroatoms. The Morgan fingerprint density at radius 3 is 2.72 bits per heavy atom. The van der Waals surface area contributed by atoms with Gasteiger partial charge in [-0.05, 0) is 25.0 Å². The molecule has 0 saturated carbocycles. The number of halogens is 2. The number of hydrogen-bond donors (Lipinski definition) is 2. The van der Waals surface area contributed by atoms with Gasteiger partial charge in [0, 0.05) is 19.1 Å². The molecule has 0 unspecified atom stereocenters. The fourth-order valence-electron chi connectivity index (χ4n) is 2.18. The molecule has 3 N–H and O–H groups in total. The molecule has 0 radical (unpaired) electrons. The van der Waals surface area contributed by atoms with E-state index in [4.69, 9.17) is 10.8 Å². The molecule has 1 aromatic rings. The van der Waals surface area contributed by atoms with Crippen molar-refractivity contribution in [1.82, 2.24) is 0 Å². The lowest BCUT2D eigenvalue weighted by atomic mass is 10.0. The van der Waals surface area contributed by atoms with Gasteiger partial charge < -0.3 is 15.7 Å². The van der Waals surface area contributed by atoms with Crippen LogP contribution in [0.2, 0.25) is 0 Å². The van der Waals surface area contributed by atoms with E-state index in [-0.39, 0.29) is 11.7 Å². The number of hydrogen-bond acceptors (Lipinski definition) is 3.